The lowest BCUT2D eigenvalue weighted by atomic mass is 10.1. The Balaban J connectivity index is 1.49. The Hall–Kier alpha value is -3.49. The summed E-state index contributed by atoms with van der Waals surface area (Å²) >= 11 is 0. The van der Waals surface area contributed by atoms with Crippen molar-refractivity contribution >= 4 is 11.7 Å². The predicted octanol–water partition coefficient (Wildman–Crippen LogP) is 2.77. The Morgan fingerprint density at radius 1 is 1.19 bits per heavy atom. The van der Waals surface area contributed by atoms with Crippen molar-refractivity contribution < 1.29 is 13.9 Å². The van der Waals surface area contributed by atoms with Crippen molar-refractivity contribution in [3.05, 3.63) is 54.2 Å². The lowest BCUT2D eigenvalue weighted by Crippen LogP contribution is -2.45. The number of aryl methyl sites for hydroxylation is 1. The van der Waals surface area contributed by atoms with E-state index in [0.29, 0.717) is 36.2 Å². The third-order valence-electron chi connectivity index (χ3n) is 5.25. The second-order valence-electron chi connectivity index (χ2n) is 7.76. The lowest BCUT2D eigenvalue weighted by Gasteiger charge is -2.33. The number of aromatic nitrogens is 4. The number of hydrogen-bond acceptors (Lipinski definition) is 6. The van der Waals surface area contributed by atoms with Crippen molar-refractivity contribution in [3.63, 3.8) is 0 Å². The molecule has 1 unspecified atom stereocenters. The topological polar surface area (TPSA) is 76.4 Å². The first kappa shape index (κ1) is 20.8. The van der Waals surface area contributed by atoms with E-state index in [-0.39, 0.29) is 17.8 Å². The number of halogens is 1. The molecular weight excluding hydrogens is 399 g/mol. The Morgan fingerprint density at radius 3 is 2.68 bits per heavy atom. The molecule has 3 aromatic rings. The smallest absolute Gasteiger partial charge is 0.272 e. The van der Waals surface area contributed by atoms with Crippen molar-refractivity contribution in [2.24, 2.45) is 7.05 Å². The van der Waals surface area contributed by atoms with Gasteiger partial charge >= 0.3 is 0 Å². The zero-order chi connectivity index (χ0) is 22.0. The number of hydrogen-bond donors (Lipinski definition) is 0. The molecule has 0 bridgehead atoms. The highest BCUT2D eigenvalue weighted by Gasteiger charge is 2.28. The van der Waals surface area contributed by atoms with Crippen molar-refractivity contribution in [2.45, 2.75) is 18.9 Å². The monoisotopic (exact) mass is 424 g/mol. The van der Waals surface area contributed by atoms with Crippen LogP contribution in [0.2, 0.25) is 0 Å². The van der Waals surface area contributed by atoms with E-state index in [1.54, 1.807) is 47.2 Å². The molecule has 9 heteroatoms. The Morgan fingerprint density at radius 2 is 1.94 bits per heavy atom. The largest absolute Gasteiger partial charge is 0.470 e. The van der Waals surface area contributed by atoms with Crippen LogP contribution < -0.4 is 9.64 Å². The van der Waals surface area contributed by atoms with E-state index < -0.39 is 0 Å². The summed E-state index contributed by atoms with van der Waals surface area (Å²) in [6.45, 7) is 1.11. The molecule has 1 amide bonds. The molecule has 0 spiro atoms. The molecule has 1 aliphatic rings. The van der Waals surface area contributed by atoms with Gasteiger partial charge in [0.1, 0.15) is 17.6 Å². The quantitative estimate of drug-likeness (QED) is 0.627. The first-order valence-corrected chi connectivity index (χ1v) is 10.2. The van der Waals surface area contributed by atoms with Crippen LogP contribution in [0, 0.1) is 5.82 Å². The maximum Gasteiger partial charge on any atom is 0.272 e. The van der Waals surface area contributed by atoms with E-state index in [0.717, 1.165) is 18.4 Å². The second-order valence-corrected chi connectivity index (χ2v) is 7.76. The van der Waals surface area contributed by atoms with Crippen LogP contribution in [-0.4, -0.2) is 63.8 Å². The fraction of sp³-hybridized carbons (Fsp3) is 0.364. The van der Waals surface area contributed by atoms with Crippen LogP contribution in [0.1, 0.15) is 23.3 Å². The number of amides is 1. The lowest BCUT2D eigenvalue weighted by molar-refractivity contribution is 0.0518. The number of rotatable bonds is 5. The van der Waals surface area contributed by atoms with Gasteiger partial charge in [0.05, 0.1) is 12.2 Å². The minimum atomic E-state index is -0.309. The number of benzene rings is 1. The summed E-state index contributed by atoms with van der Waals surface area (Å²) in [7, 11) is 5.50. The average molecular weight is 424 g/mol. The maximum absolute atomic E-state index is 13.2. The van der Waals surface area contributed by atoms with E-state index in [2.05, 4.69) is 15.1 Å². The highest BCUT2D eigenvalue weighted by molar-refractivity contribution is 5.93. The second kappa shape index (κ2) is 8.71. The van der Waals surface area contributed by atoms with Gasteiger partial charge in [0.25, 0.3) is 11.8 Å². The number of anilines is 1. The van der Waals surface area contributed by atoms with Crippen LogP contribution >= 0.6 is 0 Å². The average Bonchev–Trinajstić information content (AvgIpc) is 3.15. The van der Waals surface area contributed by atoms with Crippen molar-refractivity contribution in [1.82, 2.24) is 24.6 Å². The molecule has 1 aliphatic heterocycles. The van der Waals surface area contributed by atoms with Crippen LogP contribution in [0.25, 0.3) is 11.3 Å². The van der Waals surface area contributed by atoms with Crippen LogP contribution in [0.15, 0.2) is 42.7 Å². The molecule has 0 saturated carbocycles. The Bertz CT molecular complexity index is 1070. The van der Waals surface area contributed by atoms with Gasteiger partial charge in [-0.15, -0.1) is 0 Å². The van der Waals surface area contributed by atoms with E-state index in [9.17, 15) is 9.18 Å². The van der Waals surface area contributed by atoms with Crippen LogP contribution in [0.4, 0.5) is 10.2 Å². The Labute approximate surface area is 180 Å². The third kappa shape index (κ3) is 4.50. The normalized spacial score (nSPS) is 16.3. The Kier molecular flexibility index (Phi) is 5.83. The molecule has 3 heterocycles. The van der Waals surface area contributed by atoms with E-state index in [1.807, 2.05) is 19.0 Å². The molecule has 0 N–H and O–H groups in total. The van der Waals surface area contributed by atoms with Crippen molar-refractivity contribution in [1.29, 1.82) is 0 Å². The number of likely N-dealkylation sites (tertiary alicyclic amines) is 1. The number of piperidine rings is 1. The molecule has 31 heavy (non-hydrogen) atoms. The van der Waals surface area contributed by atoms with Crippen LogP contribution in [0.5, 0.6) is 5.88 Å². The first-order valence-electron chi connectivity index (χ1n) is 10.2. The summed E-state index contributed by atoms with van der Waals surface area (Å²) in [6, 6.07) is 7.81. The summed E-state index contributed by atoms with van der Waals surface area (Å²) in [4.78, 5) is 25.5. The molecule has 2 aromatic heterocycles. The predicted molar refractivity (Wildman–Crippen MR) is 115 cm³/mol. The minimum absolute atomic E-state index is 0.108. The highest BCUT2D eigenvalue weighted by atomic mass is 19.1. The molecule has 8 nitrogen and oxygen atoms in total. The van der Waals surface area contributed by atoms with Gasteiger partial charge < -0.3 is 14.5 Å². The van der Waals surface area contributed by atoms with E-state index >= 15 is 0 Å². The molecular formula is C22H25FN6O2. The van der Waals surface area contributed by atoms with Gasteiger partial charge in [-0.05, 0) is 43.2 Å². The van der Waals surface area contributed by atoms with E-state index in [1.165, 1.54) is 12.1 Å². The number of carbonyl (C=O) groups is 1. The molecule has 0 aliphatic carbocycles. The minimum Gasteiger partial charge on any atom is -0.470 e. The first-order chi connectivity index (χ1) is 14.9. The van der Waals surface area contributed by atoms with Crippen LogP contribution in [0.3, 0.4) is 0 Å². The number of nitrogens with zero attached hydrogens (tertiary/aromatic N) is 6. The van der Waals surface area contributed by atoms with Crippen LogP contribution in [-0.2, 0) is 7.05 Å². The van der Waals surface area contributed by atoms with E-state index in [4.69, 9.17) is 4.74 Å². The van der Waals surface area contributed by atoms with Gasteiger partial charge in [-0.1, -0.05) is 0 Å². The maximum atomic E-state index is 13.2. The third-order valence-corrected chi connectivity index (χ3v) is 5.25. The fourth-order valence-corrected chi connectivity index (χ4v) is 3.68. The van der Waals surface area contributed by atoms with Crippen molar-refractivity contribution in [3.8, 4) is 17.1 Å². The highest BCUT2D eigenvalue weighted by Crippen LogP contribution is 2.25. The SMILES string of the molecule is CN(C)c1nccnc1OC1CCCN(C(=O)c2cc(-c3ccc(F)cc3)nn2C)C1. The fourth-order valence-electron chi connectivity index (χ4n) is 3.68. The molecule has 4 rings (SSSR count). The molecule has 1 saturated heterocycles. The summed E-state index contributed by atoms with van der Waals surface area (Å²) in [5, 5.41) is 4.44. The summed E-state index contributed by atoms with van der Waals surface area (Å²) < 4.78 is 20.9. The number of ether oxygens (including phenoxy) is 1. The van der Waals surface area contributed by atoms with Gasteiger partial charge in [-0.3, -0.25) is 9.48 Å². The molecule has 0 radical (unpaired) electrons. The zero-order valence-corrected chi connectivity index (χ0v) is 17.8. The zero-order valence-electron chi connectivity index (χ0n) is 17.8. The standard InChI is InChI=1S/C22H25FN6O2/c1-27(2)20-21(25-11-10-24-20)31-17-5-4-12-29(14-17)22(30)19-13-18(26-28(19)3)15-6-8-16(23)9-7-15/h6-11,13,17H,4-5,12,14H2,1-3H3. The van der Waals surface area contributed by atoms with Gasteiger partial charge in [0.2, 0.25) is 0 Å². The molecule has 1 aromatic carbocycles. The van der Waals surface area contributed by atoms with Gasteiger partial charge in [0.15, 0.2) is 5.82 Å². The van der Waals surface area contributed by atoms with Gasteiger partial charge in [-0.25, -0.2) is 14.4 Å². The van der Waals surface area contributed by atoms with Gasteiger partial charge in [-0.2, -0.15) is 5.10 Å². The summed E-state index contributed by atoms with van der Waals surface area (Å²) in [5.74, 6) is 0.701. The summed E-state index contributed by atoms with van der Waals surface area (Å²) in [5.41, 5.74) is 1.87. The van der Waals surface area contributed by atoms with Gasteiger partial charge in [0, 0.05) is 45.6 Å². The molecule has 1 fully saturated rings. The number of carbonyl (C=O) groups excluding carboxylic acids is 1. The molecule has 162 valence electrons. The van der Waals surface area contributed by atoms with Crippen molar-refractivity contribution in [2.75, 3.05) is 32.1 Å². The molecule has 1 atom stereocenters. The summed E-state index contributed by atoms with van der Waals surface area (Å²) in [6.07, 6.45) is 4.72.